The van der Waals surface area contributed by atoms with Crippen molar-refractivity contribution in [3.05, 3.63) is 11.4 Å². The molecule has 0 unspecified atom stereocenters. The lowest BCUT2D eigenvalue weighted by Crippen LogP contribution is -2.13. The van der Waals surface area contributed by atoms with Gasteiger partial charge in [-0.15, -0.1) is 5.10 Å². The van der Waals surface area contributed by atoms with Crippen molar-refractivity contribution in [2.45, 2.75) is 58.0 Å². The quantitative estimate of drug-likeness (QED) is 0.826. The first kappa shape index (κ1) is 10.6. The van der Waals surface area contributed by atoms with Gasteiger partial charge >= 0.3 is 0 Å². The van der Waals surface area contributed by atoms with Gasteiger partial charge in [0, 0.05) is 18.5 Å². The highest BCUT2D eigenvalue weighted by Crippen LogP contribution is 2.34. The first-order valence-corrected chi connectivity index (χ1v) is 5.88. The van der Waals surface area contributed by atoms with Crippen molar-refractivity contribution in [3.8, 4) is 0 Å². The maximum atomic E-state index is 5.80. The number of nitrogens with two attached hydrogens (primary N) is 1. The molecule has 2 rings (SSSR count). The van der Waals surface area contributed by atoms with Gasteiger partial charge in [-0.3, -0.25) is 0 Å². The van der Waals surface area contributed by atoms with Gasteiger partial charge in [-0.1, -0.05) is 18.1 Å². The average molecular weight is 208 g/mol. The van der Waals surface area contributed by atoms with Crippen LogP contribution in [0.3, 0.4) is 0 Å². The maximum absolute atomic E-state index is 5.80. The summed E-state index contributed by atoms with van der Waals surface area (Å²) in [6.45, 7) is 4.79. The summed E-state index contributed by atoms with van der Waals surface area (Å²) in [5, 5.41) is 8.54. The van der Waals surface area contributed by atoms with Crippen LogP contribution < -0.4 is 5.73 Å². The van der Waals surface area contributed by atoms with Gasteiger partial charge in [-0.25, -0.2) is 4.68 Å². The van der Waals surface area contributed by atoms with E-state index in [0.29, 0.717) is 18.5 Å². The molecule has 1 aliphatic carbocycles. The van der Waals surface area contributed by atoms with Crippen molar-refractivity contribution in [1.82, 2.24) is 15.0 Å². The van der Waals surface area contributed by atoms with Crippen molar-refractivity contribution in [3.63, 3.8) is 0 Å². The van der Waals surface area contributed by atoms with Crippen molar-refractivity contribution >= 4 is 0 Å². The third kappa shape index (κ3) is 1.91. The summed E-state index contributed by atoms with van der Waals surface area (Å²) in [7, 11) is 0. The van der Waals surface area contributed by atoms with E-state index in [1.165, 1.54) is 25.7 Å². The maximum Gasteiger partial charge on any atom is 0.0903 e. The molecular formula is C11H20N4. The second-order valence-electron chi connectivity index (χ2n) is 4.65. The van der Waals surface area contributed by atoms with Gasteiger partial charge in [0.25, 0.3) is 0 Å². The van der Waals surface area contributed by atoms with Gasteiger partial charge in [-0.05, 0) is 26.7 Å². The number of rotatable bonds is 3. The lowest BCUT2D eigenvalue weighted by Gasteiger charge is -2.11. The number of hydrogen-bond acceptors (Lipinski definition) is 3. The van der Waals surface area contributed by atoms with Crippen molar-refractivity contribution in [2.75, 3.05) is 0 Å². The second-order valence-corrected chi connectivity index (χ2v) is 4.65. The Kier molecular flexibility index (Phi) is 3.05. The molecular weight excluding hydrogens is 188 g/mol. The molecule has 0 aromatic carbocycles. The zero-order valence-corrected chi connectivity index (χ0v) is 9.61. The van der Waals surface area contributed by atoms with Crippen LogP contribution in [0.25, 0.3) is 0 Å². The first-order valence-electron chi connectivity index (χ1n) is 5.88. The van der Waals surface area contributed by atoms with Crippen LogP contribution in [0.5, 0.6) is 0 Å². The summed E-state index contributed by atoms with van der Waals surface area (Å²) in [6, 6.07) is 0.353. The topological polar surface area (TPSA) is 56.7 Å². The van der Waals surface area contributed by atoms with E-state index in [2.05, 4.69) is 24.2 Å². The fraction of sp³-hybridized carbons (Fsp3) is 0.818. The van der Waals surface area contributed by atoms with E-state index in [-0.39, 0.29) is 0 Å². The Morgan fingerprint density at radius 3 is 2.60 bits per heavy atom. The predicted molar refractivity (Wildman–Crippen MR) is 59.5 cm³/mol. The number of hydrogen-bond donors (Lipinski definition) is 1. The Morgan fingerprint density at radius 1 is 1.40 bits per heavy atom. The van der Waals surface area contributed by atoms with Crippen LogP contribution >= 0.6 is 0 Å². The standard InChI is InChI=1S/C11H20N4/c1-8(2)15-10(7-12)11(13-14-15)9-5-3-4-6-9/h8-9H,3-7,12H2,1-2H3. The van der Waals surface area contributed by atoms with E-state index in [0.717, 1.165) is 11.4 Å². The average Bonchev–Trinajstić information content (AvgIpc) is 2.85. The van der Waals surface area contributed by atoms with Crippen LogP contribution in [0.4, 0.5) is 0 Å². The molecule has 1 heterocycles. The monoisotopic (exact) mass is 208 g/mol. The molecule has 1 aliphatic rings. The molecule has 0 bridgehead atoms. The van der Waals surface area contributed by atoms with Crippen LogP contribution in [0.1, 0.15) is 62.9 Å². The predicted octanol–water partition coefficient (Wildman–Crippen LogP) is 1.98. The van der Waals surface area contributed by atoms with Crippen molar-refractivity contribution < 1.29 is 0 Å². The Hall–Kier alpha value is -0.900. The van der Waals surface area contributed by atoms with E-state index in [1.807, 2.05) is 4.68 Å². The Labute approximate surface area is 90.8 Å². The lowest BCUT2D eigenvalue weighted by molar-refractivity contribution is 0.494. The minimum Gasteiger partial charge on any atom is -0.325 e. The summed E-state index contributed by atoms with van der Waals surface area (Å²) >= 11 is 0. The van der Waals surface area contributed by atoms with Gasteiger partial charge in [0.15, 0.2) is 0 Å². The lowest BCUT2D eigenvalue weighted by atomic mass is 10.0. The molecule has 4 nitrogen and oxygen atoms in total. The minimum absolute atomic E-state index is 0.353. The molecule has 15 heavy (non-hydrogen) atoms. The van der Waals surface area contributed by atoms with Crippen LogP contribution in [0.15, 0.2) is 0 Å². The zero-order chi connectivity index (χ0) is 10.8. The van der Waals surface area contributed by atoms with E-state index in [1.54, 1.807) is 0 Å². The highest BCUT2D eigenvalue weighted by Gasteiger charge is 2.24. The van der Waals surface area contributed by atoms with Gasteiger partial charge in [0.2, 0.25) is 0 Å². The highest BCUT2D eigenvalue weighted by molar-refractivity contribution is 5.16. The summed E-state index contributed by atoms with van der Waals surface area (Å²) in [4.78, 5) is 0. The molecule has 1 fully saturated rings. The SMILES string of the molecule is CC(C)n1nnc(C2CCCC2)c1CN. The summed E-state index contributed by atoms with van der Waals surface area (Å²) < 4.78 is 1.97. The van der Waals surface area contributed by atoms with Crippen molar-refractivity contribution in [1.29, 1.82) is 0 Å². The third-order valence-corrected chi connectivity index (χ3v) is 3.25. The smallest absolute Gasteiger partial charge is 0.0903 e. The largest absolute Gasteiger partial charge is 0.325 e. The second kappa shape index (κ2) is 4.31. The minimum atomic E-state index is 0.353. The third-order valence-electron chi connectivity index (χ3n) is 3.25. The molecule has 0 amide bonds. The molecule has 1 aromatic rings. The fourth-order valence-corrected chi connectivity index (χ4v) is 2.45. The van der Waals surface area contributed by atoms with Gasteiger partial charge in [0.05, 0.1) is 11.4 Å². The highest BCUT2D eigenvalue weighted by atomic mass is 15.4. The van der Waals surface area contributed by atoms with E-state index >= 15 is 0 Å². The van der Waals surface area contributed by atoms with E-state index in [9.17, 15) is 0 Å². The van der Waals surface area contributed by atoms with Gasteiger partial charge in [-0.2, -0.15) is 0 Å². The zero-order valence-electron chi connectivity index (χ0n) is 9.61. The summed E-state index contributed by atoms with van der Waals surface area (Å²) in [5.41, 5.74) is 8.09. The Balaban J connectivity index is 2.30. The Morgan fingerprint density at radius 2 is 2.07 bits per heavy atom. The molecule has 0 atom stereocenters. The van der Waals surface area contributed by atoms with Crippen LogP contribution in [0, 0.1) is 0 Å². The van der Waals surface area contributed by atoms with E-state index < -0.39 is 0 Å². The molecule has 2 N–H and O–H groups in total. The van der Waals surface area contributed by atoms with Crippen molar-refractivity contribution in [2.24, 2.45) is 5.73 Å². The fourth-order valence-electron chi connectivity index (χ4n) is 2.45. The normalized spacial score (nSPS) is 17.9. The first-order chi connectivity index (χ1) is 7.24. The molecule has 0 saturated heterocycles. The van der Waals surface area contributed by atoms with Crippen LogP contribution in [-0.2, 0) is 6.54 Å². The molecule has 0 radical (unpaired) electrons. The molecule has 4 heteroatoms. The Bertz CT molecular complexity index is 323. The molecule has 1 saturated carbocycles. The number of aromatic nitrogens is 3. The van der Waals surface area contributed by atoms with Gasteiger partial charge in [0.1, 0.15) is 0 Å². The van der Waals surface area contributed by atoms with Gasteiger partial charge < -0.3 is 5.73 Å². The van der Waals surface area contributed by atoms with Crippen LogP contribution in [0.2, 0.25) is 0 Å². The summed E-state index contributed by atoms with van der Waals surface area (Å²) in [6.07, 6.45) is 5.15. The molecule has 1 aromatic heterocycles. The summed E-state index contributed by atoms with van der Waals surface area (Å²) in [5.74, 6) is 0.607. The van der Waals surface area contributed by atoms with E-state index in [4.69, 9.17) is 5.73 Å². The molecule has 0 spiro atoms. The molecule has 0 aliphatic heterocycles. The van der Waals surface area contributed by atoms with Crippen LogP contribution in [-0.4, -0.2) is 15.0 Å². The molecule has 84 valence electrons. The number of nitrogens with zero attached hydrogens (tertiary/aromatic N) is 3.